The van der Waals surface area contributed by atoms with Crippen LogP contribution in [0.2, 0.25) is 0 Å². The van der Waals surface area contributed by atoms with E-state index in [1.807, 2.05) is 0 Å². The van der Waals surface area contributed by atoms with Gasteiger partial charge >= 0.3 is 0 Å². The van der Waals surface area contributed by atoms with Crippen molar-refractivity contribution in [3.05, 3.63) is 107 Å². The van der Waals surface area contributed by atoms with Gasteiger partial charge in [0.1, 0.15) is 0 Å². The maximum atomic E-state index is 14.5. The molecule has 1 unspecified atom stereocenters. The van der Waals surface area contributed by atoms with E-state index in [0.29, 0.717) is 17.7 Å². The number of piperidine rings is 1. The van der Waals surface area contributed by atoms with Gasteiger partial charge in [0, 0.05) is 25.0 Å². The van der Waals surface area contributed by atoms with Crippen LogP contribution in [0.25, 0.3) is 0 Å². The first-order chi connectivity index (χ1) is 17.2. The number of carbonyl (C=O) groups excluding carboxylic acids is 1. The third kappa shape index (κ3) is 4.00. The second kappa shape index (κ2) is 9.28. The summed E-state index contributed by atoms with van der Waals surface area (Å²) in [4.78, 5) is 16.7. The molecule has 5 atom stereocenters. The summed E-state index contributed by atoms with van der Waals surface area (Å²) in [6.45, 7) is 4.86. The number of carbonyl (C=O) groups is 1. The molecule has 0 bridgehead atoms. The highest BCUT2D eigenvalue weighted by atomic mass is 16.2. The second-order valence-corrected chi connectivity index (χ2v) is 11.1. The fraction of sp³-hybridized carbons (Fsp3) is 0.406. The molecule has 3 aromatic carbocycles. The van der Waals surface area contributed by atoms with Crippen LogP contribution in [-0.4, -0.2) is 30.4 Å². The van der Waals surface area contributed by atoms with Gasteiger partial charge in [0.2, 0.25) is 5.91 Å². The van der Waals surface area contributed by atoms with Gasteiger partial charge in [0.05, 0.1) is 12.0 Å². The molecule has 0 aromatic heterocycles. The van der Waals surface area contributed by atoms with Crippen molar-refractivity contribution in [3.63, 3.8) is 0 Å². The van der Waals surface area contributed by atoms with Crippen LogP contribution in [0, 0.1) is 11.8 Å². The van der Waals surface area contributed by atoms with E-state index in [1.165, 1.54) is 22.3 Å². The smallest absolute Gasteiger partial charge is 0.228 e. The molecule has 1 spiro atoms. The lowest BCUT2D eigenvalue weighted by molar-refractivity contribution is -0.141. The molecule has 35 heavy (non-hydrogen) atoms. The molecular weight excluding hydrogens is 428 g/mol. The Bertz CT molecular complexity index is 1180. The number of nitrogens with one attached hydrogen (secondary N) is 1. The summed E-state index contributed by atoms with van der Waals surface area (Å²) >= 11 is 0. The van der Waals surface area contributed by atoms with E-state index in [4.69, 9.17) is 0 Å². The molecule has 1 aliphatic carbocycles. The Morgan fingerprint density at radius 3 is 2.37 bits per heavy atom. The number of hydrogen-bond acceptors (Lipinski definition) is 2. The van der Waals surface area contributed by atoms with E-state index >= 15 is 0 Å². The van der Waals surface area contributed by atoms with Crippen LogP contribution in [0.3, 0.4) is 0 Å². The Balaban J connectivity index is 1.35. The Labute approximate surface area is 209 Å². The summed E-state index contributed by atoms with van der Waals surface area (Å²) < 4.78 is 0. The van der Waals surface area contributed by atoms with Crippen LogP contribution in [-0.2, 0) is 16.6 Å². The van der Waals surface area contributed by atoms with E-state index in [2.05, 4.69) is 102 Å². The van der Waals surface area contributed by atoms with Crippen LogP contribution in [0.4, 0.5) is 0 Å². The van der Waals surface area contributed by atoms with Crippen LogP contribution < -0.4 is 5.32 Å². The van der Waals surface area contributed by atoms with Crippen molar-refractivity contribution in [1.29, 1.82) is 0 Å². The highest BCUT2D eigenvalue weighted by Gasteiger charge is 2.53. The molecule has 2 saturated heterocycles. The van der Waals surface area contributed by atoms with Crippen molar-refractivity contribution >= 4 is 5.91 Å². The fourth-order valence-corrected chi connectivity index (χ4v) is 7.39. The van der Waals surface area contributed by atoms with Gasteiger partial charge in [-0.2, -0.15) is 0 Å². The van der Waals surface area contributed by atoms with Gasteiger partial charge in [-0.25, -0.2) is 0 Å². The minimum absolute atomic E-state index is 0.00844. The molecule has 1 amide bonds. The van der Waals surface area contributed by atoms with E-state index in [-0.39, 0.29) is 17.4 Å². The predicted molar refractivity (Wildman–Crippen MR) is 141 cm³/mol. The molecule has 0 saturated carbocycles. The molecule has 180 valence electrons. The zero-order valence-corrected chi connectivity index (χ0v) is 20.7. The number of amides is 1. The molecule has 3 nitrogen and oxygen atoms in total. The Hall–Kier alpha value is -2.91. The first-order valence-corrected chi connectivity index (χ1v) is 13.4. The Morgan fingerprint density at radius 1 is 0.914 bits per heavy atom. The largest absolute Gasteiger partial charge is 0.335 e. The standard InChI is InChI=1S/C32H36N2O/c1-23-18-27-14-8-9-15-28(27)32(20-23)22-33-21-29(32)31(35)34-17-16-26(24-10-4-2-5-11-24)19-30(34)25-12-6-3-7-13-25/h2-15,23,26,29-30,33H,16-22H2,1H3/t23?,26-,29+,30+,32+/m1/s1. The van der Waals surface area contributed by atoms with Crippen molar-refractivity contribution in [3.8, 4) is 0 Å². The average molecular weight is 465 g/mol. The molecular formula is C32H36N2O. The average Bonchev–Trinajstić information content (AvgIpc) is 3.32. The van der Waals surface area contributed by atoms with Gasteiger partial charge in [0.15, 0.2) is 0 Å². The molecule has 6 rings (SSSR count). The number of rotatable bonds is 3. The van der Waals surface area contributed by atoms with Crippen LogP contribution >= 0.6 is 0 Å². The highest BCUT2D eigenvalue weighted by molar-refractivity contribution is 5.82. The molecule has 2 fully saturated rings. The predicted octanol–water partition coefficient (Wildman–Crippen LogP) is 5.87. The lowest BCUT2D eigenvalue weighted by Crippen LogP contribution is -2.51. The maximum absolute atomic E-state index is 14.5. The monoisotopic (exact) mass is 464 g/mol. The Morgan fingerprint density at radius 2 is 1.60 bits per heavy atom. The third-order valence-electron chi connectivity index (χ3n) is 8.93. The number of likely N-dealkylation sites (tertiary alicyclic amines) is 1. The first-order valence-electron chi connectivity index (χ1n) is 13.4. The van der Waals surface area contributed by atoms with E-state index in [0.717, 1.165) is 45.3 Å². The number of hydrogen-bond donors (Lipinski definition) is 1. The number of benzene rings is 3. The molecule has 3 heteroatoms. The number of fused-ring (bicyclic) bond motifs is 2. The summed E-state index contributed by atoms with van der Waals surface area (Å²) in [6, 6.07) is 30.6. The molecule has 0 radical (unpaired) electrons. The normalized spacial score (nSPS) is 30.3. The zero-order chi connectivity index (χ0) is 23.8. The van der Waals surface area contributed by atoms with Crippen LogP contribution in [0.5, 0.6) is 0 Å². The minimum Gasteiger partial charge on any atom is -0.335 e. The quantitative estimate of drug-likeness (QED) is 0.525. The van der Waals surface area contributed by atoms with Gasteiger partial charge in [-0.15, -0.1) is 0 Å². The lowest BCUT2D eigenvalue weighted by Gasteiger charge is -2.46. The van der Waals surface area contributed by atoms with Gasteiger partial charge in [-0.1, -0.05) is 91.9 Å². The summed E-state index contributed by atoms with van der Waals surface area (Å²) in [5.74, 6) is 1.41. The summed E-state index contributed by atoms with van der Waals surface area (Å²) in [5, 5.41) is 3.66. The van der Waals surface area contributed by atoms with Gasteiger partial charge in [-0.3, -0.25) is 4.79 Å². The molecule has 2 heterocycles. The van der Waals surface area contributed by atoms with Crippen molar-refractivity contribution in [2.45, 2.75) is 50.0 Å². The Kier molecular flexibility index (Phi) is 5.98. The zero-order valence-electron chi connectivity index (χ0n) is 20.7. The van der Waals surface area contributed by atoms with Gasteiger partial charge in [0.25, 0.3) is 0 Å². The third-order valence-corrected chi connectivity index (χ3v) is 8.93. The molecule has 2 aliphatic heterocycles. The van der Waals surface area contributed by atoms with Crippen molar-refractivity contribution in [1.82, 2.24) is 10.2 Å². The van der Waals surface area contributed by atoms with Crippen molar-refractivity contribution < 1.29 is 4.79 Å². The number of nitrogens with zero attached hydrogens (tertiary/aromatic N) is 1. The fourth-order valence-electron chi connectivity index (χ4n) is 7.39. The molecule has 1 N–H and O–H groups in total. The SMILES string of the molecule is CC1Cc2ccccc2[C@@]2(CNC[C@H]2C(=O)N2CC[C@@H](c3ccccc3)C[C@H]2c2ccccc2)C1. The maximum Gasteiger partial charge on any atom is 0.228 e. The minimum atomic E-state index is -0.0944. The van der Waals surface area contributed by atoms with Crippen molar-refractivity contribution in [2.75, 3.05) is 19.6 Å². The summed E-state index contributed by atoms with van der Waals surface area (Å²) in [5.41, 5.74) is 5.42. The van der Waals surface area contributed by atoms with Crippen LogP contribution in [0.1, 0.15) is 60.4 Å². The molecule has 3 aliphatic rings. The van der Waals surface area contributed by atoms with Gasteiger partial charge < -0.3 is 10.2 Å². The highest BCUT2D eigenvalue weighted by Crippen LogP contribution is 2.49. The molecule has 3 aromatic rings. The topological polar surface area (TPSA) is 32.3 Å². The van der Waals surface area contributed by atoms with Crippen molar-refractivity contribution in [2.24, 2.45) is 11.8 Å². The van der Waals surface area contributed by atoms with Crippen LogP contribution in [0.15, 0.2) is 84.9 Å². The van der Waals surface area contributed by atoms with E-state index in [1.54, 1.807) is 0 Å². The second-order valence-electron chi connectivity index (χ2n) is 11.1. The van der Waals surface area contributed by atoms with E-state index < -0.39 is 0 Å². The van der Waals surface area contributed by atoms with E-state index in [9.17, 15) is 4.79 Å². The van der Waals surface area contributed by atoms with Gasteiger partial charge in [-0.05, 0) is 59.8 Å². The summed E-state index contributed by atoms with van der Waals surface area (Å²) in [7, 11) is 0. The first kappa shape index (κ1) is 22.5. The lowest BCUT2D eigenvalue weighted by atomic mass is 9.61. The summed E-state index contributed by atoms with van der Waals surface area (Å²) in [6.07, 6.45) is 4.22.